The fourth-order valence-corrected chi connectivity index (χ4v) is 4.66. The average Bonchev–Trinajstić information content (AvgIpc) is 3.29. The van der Waals surface area contributed by atoms with Crippen molar-refractivity contribution in [1.29, 1.82) is 0 Å². The van der Waals surface area contributed by atoms with E-state index in [9.17, 15) is 9.59 Å². The quantitative estimate of drug-likeness (QED) is 0.688. The van der Waals surface area contributed by atoms with Gasteiger partial charge >= 0.3 is 0 Å². The normalized spacial score (nSPS) is 20.2. The summed E-state index contributed by atoms with van der Waals surface area (Å²) in [6.07, 6.45) is 2.52. The molecule has 2 bridgehead atoms. The predicted molar refractivity (Wildman–Crippen MR) is 108 cm³/mol. The second kappa shape index (κ2) is 6.95. The second-order valence-corrected chi connectivity index (χ2v) is 7.80. The highest BCUT2D eigenvalue weighted by molar-refractivity contribution is 5.91. The standard InChI is InChI=1S/C23H22N2O4/c1-28-18-6-4-16(5-7-18)19-8-9-20-17-11-15(13-25(20)22(19)26)12-24(14-17)23(27)21-3-2-10-29-21/h2-10,15,17H,11-14H2,1H3/t15-,17-/m1/s1. The van der Waals surface area contributed by atoms with Crippen molar-refractivity contribution >= 4 is 5.91 Å². The summed E-state index contributed by atoms with van der Waals surface area (Å²) in [4.78, 5) is 27.8. The molecule has 2 aliphatic heterocycles. The Bertz CT molecular complexity index is 1100. The number of hydrogen-bond donors (Lipinski definition) is 0. The summed E-state index contributed by atoms with van der Waals surface area (Å²) < 4.78 is 12.4. The van der Waals surface area contributed by atoms with Crippen molar-refractivity contribution in [3.63, 3.8) is 0 Å². The maximum absolute atomic E-state index is 13.2. The molecule has 1 amide bonds. The molecule has 6 heteroatoms. The number of rotatable bonds is 3. The van der Waals surface area contributed by atoms with Crippen LogP contribution in [0.3, 0.4) is 0 Å². The van der Waals surface area contributed by atoms with Gasteiger partial charge in [-0.15, -0.1) is 0 Å². The lowest BCUT2D eigenvalue weighted by Gasteiger charge is -2.42. The zero-order valence-electron chi connectivity index (χ0n) is 16.2. The van der Waals surface area contributed by atoms with Gasteiger partial charge in [-0.3, -0.25) is 9.59 Å². The van der Waals surface area contributed by atoms with Crippen LogP contribution in [0.2, 0.25) is 0 Å². The topological polar surface area (TPSA) is 64.7 Å². The number of aromatic nitrogens is 1. The Kier molecular flexibility index (Phi) is 4.27. The van der Waals surface area contributed by atoms with Gasteiger partial charge in [-0.05, 0) is 54.3 Å². The van der Waals surface area contributed by atoms with Crippen molar-refractivity contribution in [1.82, 2.24) is 9.47 Å². The number of fused-ring (bicyclic) bond motifs is 4. The Morgan fingerprint density at radius 1 is 1.07 bits per heavy atom. The molecule has 148 valence electrons. The maximum atomic E-state index is 13.2. The minimum atomic E-state index is -0.0738. The lowest BCUT2D eigenvalue weighted by molar-refractivity contribution is 0.0564. The molecule has 1 aromatic carbocycles. The first-order chi connectivity index (χ1) is 14.1. The minimum Gasteiger partial charge on any atom is -0.497 e. The fraction of sp³-hybridized carbons (Fsp3) is 0.304. The van der Waals surface area contributed by atoms with Gasteiger partial charge in [0.2, 0.25) is 0 Å². The fourth-order valence-electron chi connectivity index (χ4n) is 4.66. The third-order valence-corrected chi connectivity index (χ3v) is 6.02. The molecule has 2 atom stereocenters. The number of furan rings is 1. The van der Waals surface area contributed by atoms with Gasteiger partial charge in [-0.1, -0.05) is 12.1 Å². The highest BCUT2D eigenvalue weighted by Gasteiger charge is 2.37. The molecule has 2 aromatic heterocycles. The number of ether oxygens (including phenoxy) is 1. The Morgan fingerprint density at radius 2 is 1.90 bits per heavy atom. The summed E-state index contributed by atoms with van der Waals surface area (Å²) in [7, 11) is 1.63. The van der Waals surface area contributed by atoms with Gasteiger partial charge in [0, 0.05) is 36.8 Å². The first kappa shape index (κ1) is 17.8. The Labute approximate surface area is 168 Å². The SMILES string of the molecule is COc1ccc(-c2ccc3n(c2=O)C[C@@H]2C[C@@H]3CN(C(=O)c3ccco3)C2)cc1. The lowest BCUT2D eigenvalue weighted by Crippen LogP contribution is -2.49. The molecular weight excluding hydrogens is 368 g/mol. The molecule has 2 aliphatic rings. The largest absolute Gasteiger partial charge is 0.497 e. The number of benzene rings is 1. The highest BCUT2D eigenvalue weighted by atomic mass is 16.5. The Balaban J connectivity index is 1.46. The van der Waals surface area contributed by atoms with Gasteiger partial charge in [-0.2, -0.15) is 0 Å². The molecule has 0 spiro atoms. The summed E-state index contributed by atoms with van der Waals surface area (Å²) in [5.74, 6) is 1.50. The zero-order valence-corrected chi connectivity index (χ0v) is 16.2. The average molecular weight is 390 g/mol. The summed E-state index contributed by atoms with van der Waals surface area (Å²) in [5.41, 5.74) is 2.63. The number of pyridine rings is 1. The van der Waals surface area contributed by atoms with E-state index in [1.54, 1.807) is 19.2 Å². The van der Waals surface area contributed by atoms with Gasteiger partial charge in [0.1, 0.15) is 5.75 Å². The number of amides is 1. The first-order valence-corrected chi connectivity index (χ1v) is 9.85. The van der Waals surface area contributed by atoms with Gasteiger partial charge in [0.05, 0.1) is 13.4 Å². The molecule has 0 unspecified atom stereocenters. The number of nitrogens with zero attached hydrogens (tertiary/aromatic N) is 2. The van der Waals surface area contributed by atoms with Crippen LogP contribution in [0.5, 0.6) is 5.75 Å². The molecule has 0 N–H and O–H groups in total. The summed E-state index contributed by atoms with van der Waals surface area (Å²) >= 11 is 0. The highest BCUT2D eigenvalue weighted by Crippen LogP contribution is 2.36. The smallest absolute Gasteiger partial charge is 0.289 e. The number of carbonyl (C=O) groups is 1. The van der Waals surface area contributed by atoms with Crippen LogP contribution >= 0.6 is 0 Å². The molecule has 0 saturated carbocycles. The van der Waals surface area contributed by atoms with E-state index in [1.165, 1.54) is 6.26 Å². The second-order valence-electron chi connectivity index (χ2n) is 7.80. The third kappa shape index (κ3) is 3.05. The molecule has 4 heterocycles. The molecule has 0 radical (unpaired) electrons. The number of likely N-dealkylation sites (tertiary alicyclic amines) is 1. The van der Waals surface area contributed by atoms with Gasteiger partial charge in [0.15, 0.2) is 5.76 Å². The van der Waals surface area contributed by atoms with E-state index in [4.69, 9.17) is 9.15 Å². The van der Waals surface area contributed by atoms with E-state index in [1.807, 2.05) is 45.9 Å². The number of piperidine rings is 1. The minimum absolute atomic E-state index is 0.0353. The van der Waals surface area contributed by atoms with Crippen LogP contribution in [0.15, 0.2) is 64.0 Å². The number of carbonyl (C=O) groups excluding carboxylic acids is 1. The monoisotopic (exact) mass is 390 g/mol. The summed E-state index contributed by atoms with van der Waals surface area (Å²) in [6.45, 7) is 1.89. The van der Waals surface area contributed by atoms with Crippen molar-refractivity contribution in [3.8, 4) is 16.9 Å². The molecule has 3 aromatic rings. The van der Waals surface area contributed by atoms with Gasteiger partial charge in [-0.25, -0.2) is 0 Å². The molecule has 29 heavy (non-hydrogen) atoms. The Morgan fingerprint density at radius 3 is 2.62 bits per heavy atom. The molecule has 5 rings (SSSR count). The summed E-state index contributed by atoms with van der Waals surface area (Å²) in [5, 5.41) is 0. The van der Waals surface area contributed by atoms with Crippen molar-refractivity contribution < 1.29 is 13.9 Å². The van der Waals surface area contributed by atoms with E-state index in [0.717, 1.165) is 23.4 Å². The maximum Gasteiger partial charge on any atom is 0.289 e. The zero-order chi connectivity index (χ0) is 20.0. The van der Waals surface area contributed by atoms with Gasteiger partial charge in [0.25, 0.3) is 11.5 Å². The molecule has 0 aliphatic carbocycles. The first-order valence-electron chi connectivity index (χ1n) is 9.85. The number of methoxy groups -OCH3 is 1. The lowest BCUT2D eigenvalue weighted by atomic mass is 9.82. The van der Waals surface area contributed by atoms with Crippen LogP contribution in [0, 0.1) is 5.92 Å². The van der Waals surface area contributed by atoms with Crippen LogP contribution in [-0.4, -0.2) is 35.6 Å². The van der Waals surface area contributed by atoms with E-state index in [-0.39, 0.29) is 23.3 Å². The molecular formula is C23H22N2O4. The van der Waals surface area contributed by atoms with E-state index in [2.05, 4.69) is 0 Å². The van der Waals surface area contributed by atoms with Crippen molar-refractivity contribution in [3.05, 3.63) is 76.6 Å². The van der Waals surface area contributed by atoms with Crippen LogP contribution in [0.25, 0.3) is 11.1 Å². The van der Waals surface area contributed by atoms with Crippen molar-refractivity contribution in [2.75, 3.05) is 20.2 Å². The van der Waals surface area contributed by atoms with Crippen LogP contribution < -0.4 is 10.3 Å². The van der Waals surface area contributed by atoms with Crippen molar-refractivity contribution in [2.45, 2.75) is 18.9 Å². The van der Waals surface area contributed by atoms with E-state index in [0.29, 0.717) is 31.0 Å². The third-order valence-electron chi connectivity index (χ3n) is 6.02. The van der Waals surface area contributed by atoms with Crippen LogP contribution in [0.1, 0.15) is 28.6 Å². The Hall–Kier alpha value is -3.28. The van der Waals surface area contributed by atoms with Crippen molar-refractivity contribution in [2.24, 2.45) is 5.92 Å². The van der Waals surface area contributed by atoms with Crippen LogP contribution in [0.4, 0.5) is 0 Å². The molecule has 6 nitrogen and oxygen atoms in total. The van der Waals surface area contributed by atoms with Crippen LogP contribution in [-0.2, 0) is 6.54 Å². The van der Waals surface area contributed by atoms with E-state index >= 15 is 0 Å². The van der Waals surface area contributed by atoms with Gasteiger partial charge < -0.3 is 18.6 Å². The number of hydrogen-bond acceptors (Lipinski definition) is 4. The predicted octanol–water partition coefficient (Wildman–Crippen LogP) is 3.38. The van der Waals surface area contributed by atoms with E-state index < -0.39 is 0 Å². The molecule has 1 fully saturated rings. The summed E-state index contributed by atoms with van der Waals surface area (Å²) in [6, 6.07) is 14.9. The molecule has 1 saturated heterocycles.